The van der Waals surface area contributed by atoms with Crippen molar-refractivity contribution in [3.8, 4) is 16.9 Å². The monoisotopic (exact) mass is 636 g/mol. The fourth-order valence-electron chi connectivity index (χ4n) is 7.30. The average molecular weight is 637 g/mol. The number of aryl methyl sites for hydroxylation is 2. The topological polar surface area (TPSA) is 103 Å². The Morgan fingerprint density at radius 1 is 1.09 bits per heavy atom. The molecule has 1 saturated heterocycles. The van der Waals surface area contributed by atoms with E-state index >= 15 is 4.79 Å². The number of carbonyl (C=O) groups excluding carboxylic acids is 1. The van der Waals surface area contributed by atoms with E-state index in [0.717, 1.165) is 50.0 Å². The number of benzene rings is 1. The number of fused-ring (bicyclic) bond motifs is 6. The molecule has 11 heteroatoms. The number of hydrogen-bond donors (Lipinski definition) is 1. The van der Waals surface area contributed by atoms with E-state index in [4.69, 9.17) is 21.6 Å². The van der Waals surface area contributed by atoms with Crippen molar-refractivity contribution in [2.45, 2.75) is 52.6 Å². The highest BCUT2D eigenvalue weighted by molar-refractivity contribution is 6.34. The smallest absolute Gasteiger partial charge is 0.282 e. The van der Waals surface area contributed by atoms with E-state index in [1.165, 1.54) is 6.08 Å². The van der Waals surface area contributed by atoms with Crippen molar-refractivity contribution in [3.05, 3.63) is 81.5 Å². The summed E-state index contributed by atoms with van der Waals surface area (Å²) >= 11 is 7.21. The minimum atomic E-state index is -0.169. The maximum atomic E-state index is 15.0. The van der Waals surface area contributed by atoms with Gasteiger partial charge in [0.15, 0.2) is 0 Å². The Labute approximate surface area is 272 Å². The fraction of sp³-hybridized carbons (Fsp3) is 0.343. The number of H-pyrrole nitrogens is 1. The molecule has 1 N–H and O–H groups in total. The standard InChI is InChI=1S/C35H37ClN8O2/c1-8-27(45)42-17-22-16-41(7)33-32(43(22)15-21(42)6)23-13-25(36)30(28-19(4)9-10-26-24(28)14-38-40-26)39-34(23)44(35(33)46)31-20(5)11-12-37-29(31)18(2)3/h8-14,18,21-22H,1,15-17H2,2-7H3,(H,38,40). The zero-order valence-electron chi connectivity index (χ0n) is 26.9. The van der Waals surface area contributed by atoms with Crippen LogP contribution in [-0.2, 0) is 4.79 Å². The molecule has 1 fully saturated rings. The van der Waals surface area contributed by atoms with Gasteiger partial charge in [-0.2, -0.15) is 5.10 Å². The van der Waals surface area contributed by atoms with Gasteiger partial charge in [-0.1, -0.05) is 38.1 Å². The van der Waals surface area contributed by atoms with E-state index in [1.54, 1.807) is 17.0 Å². The molecule has 0 bridgehead atoms. The molecule has 1 aromatic carbocycles. The van der Waals surface area contributed by atoms with Crippen LogP contribution in [-0.4, -0.2) is 74.3 Å². The lowest BCUT2D eigenvalue weighted by Gasteiger charge is -2.51. The van der Waals surface area contributed by atoms with Crippen molar-refractivity contribution in [1.82, 2.24) is 29.6 Å². The number of amides is 1. The first kappa shape index (κ1) is 30.0. The Bertz CT molecular complexity index is 2130. The number of aromatic nitrogens is 5. The molecule has 2 unspecified atom stereocenters. The lowest BCUT2D eigenvalue weighted by Crippen LogP contribution is -2.64. The van der Waals surface area contributed by atoms with Crippen molar-refractivity contribution < 1.29 is 4.79 Å². The summed E-state index contributed by atoms with van der Waals surface area (Å²) < 4.78 is 1.74. The molecule has 0 aliphatic carbocycles. The molecule has 6 heterocycles. The fourth-order valence-corrected chi connectivity index (χ4v) is 7.54. The maximum Gasteiger partial charge on any atom is 0.282 e. The van der Waals surface area contributed by atoms with Crippen LogP contribution in [0.1, 0.15) is 43.5 Å². The van der Waals surface area contributed by atoms with Crippen molar-refractivity contribution in [3.63, 3.8) is 0 Å². The zero-order chi connectivity index (χ0) is 32.6. The van der Waals surface area contributed by atoms with Crippen molar-refractivity contribution >= 4 is 50.8 Å². The number of rotatable bonds is 4. The number of carbonyl (C=O) groups is 1. The van der Waals surface area contributed by atoms with Crippen LogP contribution in [0.4, 0.5) is 11.4 Å². The number of hydrogen-bond acceptors (Lipinski definition) is 7. The summed E-state index contributed by atoms with van der Waals surface area (Å²) in [5.74, 6) is -0.0349. The van der Waals surface area contributed by atoms with Crippen LogP contribution in [0.3, 0.4) is 0 Å². The number of likely N-dealkylation sites (N-methyl/N-ethyl adjacent to an activating group) is 1. The average Bonchev–Trinajstić information content (AvgIpc) is 3.50. The third kappa shape index (κ3) is 4.41. The summed E-state index contributed by atoms with van der Waals surface area (Å²) in [6.07, 6.45) is 4.95. The van der Waals surface area contributed by atoms with E-state index in [1.807, 2.05) is 61.9 Å². The Morgan fingerprint density at radius 2 is 1.87 bits per heavy atom. The second-order valence-corrected chi connectivity index (χ2v) is 13.3. The predicted octanol–water partition coefficient (Wildman–Crippen LogP) is 5.76. The summed E-state index contributed by atoms with van der Waals surface area (Å²) in [4.78, 5) is 44.0. The van der Waals surface area contributed by atoms with Gasteiger partial charge in [0.1, 0.15) is 11.3 Å². The molecule has 2 aliphatic heterocycles. The van der Waals surface area contributed by atoms with Gasteiger partial charge in [0.05, 0.1) is 45.5 Å². The molecule has 10 nitrogen and oxygen atoms in total. The van der Waals surface area contributed by atoms with E-state index in [-0.39, 0.29) is 29.5 Å². The highest BCUT2D eigenvalue weighted by Crippen LogP contribution is 2.44. The Hall–Kier alpha value is -4.70. The minimum absolute atomic E-state index is 0.0391. The number of aromatic amines is 1. The molecular weight excluding hydrogens is 600 g/mol. The molecule has 0 spiro atoms. The number of piperazine rings is 1. The SMILES string of the molecule is C=CC(=O)N1CC2CN(C)c3c(c4cc(Cl)c(-c5c(C)ccc6[nH]ncc56)nc4n(-c4c(C)ccnc4C(C)C)c3=O)N2CC1C. The Kier molecular flexibility index (Phi) is 7.15. The Morgan fingerprint density at radius 3 is 2.61 bits per heavy atom. The van der Waals surface area contributed by atoms with Crippen LogP contribution >= 0.6 is 11.6 Å². The van der Waals surface area contributed by atoms with E-state index in [0.29, 0.717) is 41.7 Å². The number of nitrogens with zero attached hydrogens (tertiary/aromatic N) is 7. The summed E-state index contributed by atoms with van der Waals surface area (Å²) in [6.45, 7) is 15.6. The van der Waals surface area contributed by atoms with Gasteiger partial charge >= 0.3 is 0 Å². The molecule has 46 heavy (non-hydrogen) atoms. The first-order valence-electron chi connectivity index (χ1n) is 15.6. The number of anilines is 2. The van der Waals surface area contributed by atoms with Crippen LogP contribution in [0, 0.1) is 13.8 Å². The number of nitrogens with one attached hydrogen (secondary N) is 1. The predicted molar refractivity (Wildman–Crippen MR) is 185 cm³/mol. The van der Waals surface area contributed by atoms with Gasteiger partial charge in [0, 0.05) is 55.3 Å². The summed E-state index contributed by atoms with van der Waals surface area (Å²) in [5.41, 5.74) is 7.49. The Balaban J connectivity index is 1.59. The number of halogens is 1. The van der Waals surface area contributed by atoms with Gasteiger partial charge in [-0.05, 0) is 62.1 Å². The molecule has 0 saturated carbocycles. The molecule has 1 amide bonds. The lowest BCUT2D eigenvalue weighted by atomic mass is 9.97. The third-order valence-corrected chi connectivity index (χ3v) is 9.79. The second kappa shape index (κ2) is 11.0. The van der Waals surface area contributed by atoms with E-state index < -0.39 is 0 Å². The quantitative estimate of drug-likeness (QED) is 0.250. The second-order valence-electron chi connectivity index (χ2n) is 12.9. The van der Waals surface area contributed by atoms with Gasteiger partial charge in [-0.25, -0.2) is 4.98 Å². The van der Waals surface area contributed by atoms with E-state index in [2.05, 4.69) is 35.5 Å². The zero-order valence-corrected chi connectivity index (χ0v) is 27.7. The normalized spacial score (nSPS) is 18.0. The van der Waals surface area contributed by atoms with Crippen LogP contribution in [0.25, 0.3) is 38.9 Å². The highest BCUT2D eigenvalue weighted by Gasteiger charge is 2.41. The molecule has 236 valence electrons. The lowest BCUT2D eigenvalue weighted by molar-refractivity contribution is -0.128. The first-order valence-corrected chi connectivity index (χ1v) is 16.0. The van der Waals surface area contributed by atoms with Gasteiger partial charge in [0.25, 0.3) is 5.56 Å². The van der Waals surface area contributed by atoms with E-state index in [9.17, 15) is 4.79 Å². The maximum absolute atomic E-state index is 15.0. The van der Waals surface area contributed by atoms with Crippen molar-refractivity contribution in [2.24, 2.45) is 0 Å². The molecule has 4 aromatic heterocycles. The first-order chi connectivity index (χ1) is 22.0. The largest absolute Gasteiger partial charge is 0.366 e. The molecule has 0 radical (unpaired) electrons. The molecule has 7 rings (SSSR count). The van der Waals surface area contributed by atoms with Gasteiger partial charge in [-0.3, -0.25) is 24.2 Å². The molecular formula is C35H37ClN8O2. The highest BCUT2D eigenvalue weighted by atomic mass is 35.5. The van der Waals surface area contributed by atoms with Crippen LogP contribution in [0.15, 0.2) is 54.1 Å². The van der Waals surface area contributed by atoms with Crippen molar-refractivity contribution in [2.75, 3.05) is 36.5 Å². The summed E-state index contributed by atoms with van der Waals surface area (Å²) in [6, 6.07) is 7.77. The van der Waals surface area contributed by atoms with Crippen LogP contribution < -0.4 is 15.4 Å². The van der Waals surface area contributed by atoms with Crippen LogP contribution in [0.5, 0.6) is 0 Å². The minimum Gasteiger partial charge on any atom is -0.366 e. The van der Waals surface area contributed by atoms with Gasteiger partial charge in [0.2, 0.25) is 5.91 Å². The third-order valence-electron chi connectivity index (χ3n) is 9.50. The van der Waals surface area contributed by atoms with Gasteiger partial charge < -0.3 is 14.7 Å². The van der Waals surface area contributed by atoms with Gasteiger partial charge in [-0.15, -0.1) is 0 Å². The van der Waals surface area contributed by atoms with Crippen LogP contribution in [0.2, 0.25) is 5.02 Å². The molecule has 5 aromatic rings. The number of pyridine rings is 3. The summed E-state index contributed by atoms with van der Waals surface area (Å²) in [7, 11) is 1.94. The van der Waals surface area contributed by atoms with Crippen molar-refractivity contribution in [1.29, 1.82) is 0 Å². The molecule has 2 atom stereocenters. The summed E-state index contributed by atoms with van der Waals surface area (Å²) in [5, 5.41) is 9.48. The molecule has 2 aliphatic rings.